The van der Waals surface area contributed by atoms with E-state index in [2.05, 4.69) is 56.3 Å². The summed E-state index contributed by atoms with van der Waals surface area (Å²) in [6, 6.07) is 8.33. The predicted molar refractivity (Wildman–Crippen MR) is 78.8 cm³/mol. The number of aromatic nitrogens is 1. The van der Waals surface area contributed by atoms with Crippen molar-refractivity contribution in [2.45, 2.75) is 33.7 Å². The zero-order valence-corrected chi connectivity index (χ0v) is 12.0. The zero-order chi connectivity index (χ0) is 14.0. The average molecular weight is 255 g/mol. The molecule has 0 aliphatic carbocycles. The Kier molecular flexibility index (Phi) is 3.98. The Morgan fingerprint density at radius 1 is 1.00 bits per heavy atom. The van der Waals surface area contributed by atoms with Crippen LogP contribution < -0.4 is 11.3 Å². The third-order valence-electron chi connectivity index (χ3n) is 3.68. The number of hydrazine groups is 1. The number of nitrogens with zero attached hydrogens (tertiary/aromatic N) is 1. The van der Waals surface area contributed by atoms with Crippen LogP contribution in [0.25, 0.3) is 0 Å². The van der Waals surface area contributed by atoms with Crippen molar-refractivity contribution in [3.8, 4) is 0 Å². The SMILES string of the molecule is Cc1cc(C)c(C(NN)c2ncccc2C)cc1C. The Bertz CT molecular complexity index is 591. The van der Waals surface area contributed by atoms with Gasteiger partial charge in [-0.2, -0.15) is 0 Å². The maximum absolute atomic E-state index is 5.77. The van der Waals surface area contributed by atoms with E-state index in [9.17, 15) is 0 Å². The number of benzene rings is 1. The predicted octanol–water partition coefficient (Wildman–Crippen LogP) is 2.87. The van der Waals surface area contributed by atoms with Gasteiger partial charge in [-0.3, -0.25) is 10.8 Å². The van der Waals surface area contributed by atoms with Gasteiger partial charge < -0.3 is 0 Å². The molecule has 1 aromatic heterocycles. The molecule has 0 aliphatic rings. The lowest BCUT2D eigenvalue weighted by molar-refractivity contribution is 0.613. The van der Waals surface area contributed by atoms with Gasteiger partial charge in [-0.1, -0.05) is 18.2 Å². The topological polar surface area (TPSA) is 50.9 Å². The van der Waals surface area contributed by atoms with Gasteiger partial charge in [0.25, 0.3) is 0 Å². The van der Waals surface area contributed by atoms with Crippen molar-refractivity contribution in [3.63, 3.8) is 0 Å². The summed E-state index contributed by atoms with van der Waals surface area (Å²) in [6.07, 6.45) is 1.81. The summed E-state index contributed by atoms with van der Waals surface area (Å²) in [5, 5.41) is 0. The molecule has 0 aliphatic heterocycles. The second kappa shape index (κ2) is 5.51. The molecule has 2 rings (SSSR count). The second-order valence-corrected chi connectivity index (χ2v) is 5.10. The van der Waals surface area contributed by atoms with E-state index >= 15 is 0 Å². The maximum atomic E-state index is 5.77. The molecule has 1 heterocycles. The second-order valence-electron chi connectivity index (χ2n) is 5.10. The first-order chi connectivity index (χ1) is 9.04. The van der Waals surface area contributed by atoms with Gasteiger partial charge >= 0.3 is 0 Å². The molecule has 0 saturated heterocycles. The molecule has 1 atom stereocenters. The normalized spacial score (nSPS) is 12.5. The molecule has 0 amide bonds. The molecule has 1 unspecified atom stereocenters. The molecule has 3 N–H and O–H groups in total. The van der Waals surface area contributed by atoms with Crippen molar-refractivity contribution >= 4 is 0 Å². The van der Waals surface area contributed by atoms with Gasteiger partial charge in [0.1, 0.15) is 0 Å². The Morgan fingerprint density at radius 2 is 1.68 bits per heavy atom. The molecule has 100 valence electrons. The molecule has 0 saturated carbocycles. The van der Waals surface area contributed by atoms with Gasteiger partial charge in [0, 0.05) is 6.20 Å². The van der Waals surface area contributed by atoms with Crippen molar-refractivity contribution in [1.82, 2.24) is 10.4 Å². The monoisotopic (exact) mass is 255 g/mol. The van der Waals surface area contributed by atoms with E-state index in [1.54, 1.807) is 0 Å². The molecule has 0 fully saturated rings. The summed E-state index contributed by atoms with van der Waals surface area (Å²) in [4.78, 5) is 4.48. The Balaban J connectivity index is 2.55. The molecule has 3 nitrogen and oxygen atoms in total. The van der Waals surface area contributed by atoms with Crippen LogP contribution in [0.3, 0.4) is 0 Å². The fraction of sp³-hybridized carbons (Fsp3) is 0.312. The number of nitrogens with one attached hydrogen (secondary N) is 1. The highest BCUT2D eigenvalue weighted by atomic mass is 15.2. The largest absolute Gasteiger partial charge is 0.271 e. The quantitative estimate of drug-likeness (QED) is 0.655. The molecule has 1 aromatic carbocycles. The van der Waals surface area contributed by atoms with E-state index in [0.717, 1.165) is 11.3 Å². The van der Waals surface area contributed by atoms with Gasteiger partial charge in [-0.25, -0.2) is 5.43 Å². The van der Waals surface area contributed by atoms with Crippen molar-refractivity contribution < 1.29 is 0 Å². The number of nitrogens with two attached hydrogens (primary N) is 1. The summed E-state index contributed by atoms with van der Waals surface area (Å²) >= 11 is 0. The van der Waals surface area contributed by atoms with E-state index in [1.807, 2.05) is 12.3 Å². The average Bonchev–Trinajstić information content (AvgIpc) is 2.38. The smallest absolute Gasteiger partial charge is 0.0886 e. The fourth-order valence-electron chi connectivity index (χ4n) is 2.41. The van der Waals surface area contributed by atoms with Crippen LogP contribution in [0.5, 0.6) is 0 Å². The zero-order valence-electron chi connectivity index (χ0n) is 12.0. The van der Waals surface area contributed by atoms with Crippen LogP contribution in [0.2, 0.25) is 0 Å². The molecule has 2 aromatic rings. The summed E-state index contributed by atoms with van der Waals surface area (Å²) in [5.41, 5.74) is 10.0. The highest BCUT2D eigenvalue weighted by Crippen LogP contribution is 2.27. The minimum absolute atomic E-state index is 0.0690. The first-order valence-electron chi connectivity index (χ1n) is 6.50. The molecule has 3 heteroatoms. The standard InChI is InChI=1S/C16H21N3/c1-10-6-5-7-18-15(10)16(19-17)14-9-12(3)11(2)8-13(14)4/h5-9,16,19H,17H2,1-4H3. The van der Waals surface area contributed by atoms with E-state index in [0.29, 0.717) is 0 Å². The van der Waals surface area contributed by atoms with Crippen molar-refractivity contribution in [3.05, 3.63) is 64.0 Å². The van der Waals surface area contributed by atoms with Crippen LogP contribution in [0.1, 0.15) is 39.6 Å². The molecule has 0 spiro atoms. The van der Waals surface area contributed by atoms with Gasteiger partial charge in [-0.05, 0) is 61.6 Å². The third-order valence-corrected chi connectivity index (χ3v) is 3.68. The maximum Gasteiger partial charge on any atom is 0.0886 e. The first-order valence-corrected chi connectivity index (χ1v) is 6.50. The first kappa shape index (κ1) is 13.7. The number of aryl methyl sites for hydroxylation is 4. The minimum Gasteiger partial charge on any atom is -0.271 e. The highest BCUT2D eigenvalue weighted by molar-refractivity contribution is 5.42. The van der Waals surface area contributed by atoms with Crippen molar-refractivity contribution in [2.24, 2.45) is 5.84 Å². The van der Waals surface area contributed by atoms with E-state index in [-0.39, 0.29) is 6.04 Å². The number of hydrogen-bond donors (Lipinski definition) is 2. The fourth-order valence-corrected chi connectivity index (χ4v) is 2.41. The minimum atomic E-state index is -0.0690. The van der Waals surface area contributed by atoms with Crippen LogP contribution in [-0.2, 0) is 0 Å². The Labute approximate surface area is 114 Å². The van der Waals surface area contributed by atoms with Crippen LogP contribution in [-0.4, -0.2) is 4.98 Å². The van der Waals surface area contributed by atoms with Gasteiger partial charge in [0.05, 0.1) is 11.7 Å². The van der Waals surface area contributed by atoms with E-state index < -0.39 is 0 Å². The van der Waals surface area contributed by atoms with Gasteiger partial charge in [0.2, 0.25) is 0 Å². The molecular weight excluding hydrogens is 234 g/mol. The summed E-state index contributed by atoms with van der Waals surface area (Å²) < 4.78 is 0. The number of pyridine rings is 1. The summed E-state index contributed by atoms with van der Waals surface area (Å²) in [7, 11) is 0. The lowest BCUT2D eigenvalue weighted by Gasteiger charge is -2.21. The number of hydrogen-bond acceptors (Lipinski definition) is 3. The summed E-state index contributed by atoms with van der Waals surface area (Å²) in [6.45, 7) is 8.42. The lowest BCUT2D eigenvalue weighted by atomic mass is 9.93. The molecule has 0 radical (unpaired) electrons. The third kappa shape index (κ3) is 2.67. The van der Waals surface area contributed by atoms with Crippen molar-refractivity contribution in [1.29, 1.82) is 0 Å². The van der Waals surface area contributed by atoms with Crippen LogP contribution in [0, 0.1) is 27.7 Å². The Morgan fingerprint density at radius 3 is 2.32 bits per heavy atom. The van der Waals surface area contributed by atoms with Crippen LogP contribution in [0.15, 0.2) is 30.5 Å². The molecular formula is C16H21N3. The lowest BCUT2D eigenvalue weighted by Crippen LogP contribution is -2.30. The molecule has 0 bridgehead atoms. The van der Waals surface area contributed by atoms with E-state index in [1.165, 1.54) is 22.3 Å². The van der Waals surface area contributed by atoms with Gasteiger partial charge in [-0.15, -0.1) is 0 Å². The van der Waals surface area contributed by atoms with Crippen LogP contribution in [0.4, 0.5) is 0 Å². The Hall–Kier alpha value is -1.71. The van der Waals surface area contributed by atoms with Crippen molar-refractivity contribution in [2.75, 3.05) is 0 Å². The molecule has 19 heavy (non-hydrogen) atoms. The van der Waals surface area contributed by atoms with Crippen LogP contribution >= 0.6 is 0 Å². The summed E-state index contributed by atoms with van der Waals surface area (Å²) in [5.74, 6) is 5.77. The van der Waals surface area contributed by atoms with E-state index in [4.69, 9.17) is 5.84 Å². The number of rotatable bonds is 3. The highest BCUT2D eigenvalue weighted by Gasteiger charge is 2.18. The van der Waals surface area contributed by atoms with Gasteiger partial charge in [0.15, 0.2) is 0 Å².